The molecule has 0 bridgehead atoms. The molecule has 1 heterocycles. The van der Waals surface area contributed by atoms with Gasteiger partial charge in [0.15, 0.2) is 0 Å². The van der Waals surface area contributed by atoms with Crippen molar-refractivity contribution < 1.29 is 23.8 Å². The Bertz CT molecular complexity index is 747. The molecular formula is C20H22FNO4. The number of carbonyl (C=O) groups excluding carboxylic acids is 1. The molecule has 0 aromatic heterocycles. The first-order chi connectivity index (χ1) is 12.5. The van der Waals surface area contributed by atoms with Gasteiger partial charge in [0.1, 0.15) is 17.2 Å². The maximum atomic E-state index is 13.1. The number of nitrogens with zero attached hydrogens (tertiary/aromatic N) is 1. The molecule has 1 amide bonds. The zero-order valence-corrected chi connectivity index (χ0v) is 14.7. The minimum atomic E-state index is -0.891. The van der Waals surface area contributed by atoms with Gasteiger partial charge in [0.25, 0.3) is 5.91 Å². The van der Waals surface area contributed by atoms with Crippen LogP contribution in [0.3, 0.4) is 0 Å². The van der Waals surface area contributed by atoms with E-state index in [2.05, 4.69) is 0 Å². The number of benzene rings is 2. The van der Waals surface area contributed by atoms with Gasteiger partial charge >= 0.3 is 0 Å². The van der Waals surface area contributed by atoms with E-state index in [1.165, 1.54) is 12.1 Å². The highest BCUT2D eigenvalue weighted by atomic mass is 19.1. The molecule has 6 heteroatoms. The summed E-state index contributed by atoms with van der Waals surface area (Å²) in [6, 6.07) is 13.0. The topological polar surface area (TPSA) is 59.0 Å². The second-order valence-electron chi connectivity index (χ2n) is 6.45. The smallest absolute Gasteiger partial charge is 0.254 e. The molecule has 1 atom stereocenters. The van der Waals surface area contributed by atoms with Crippen molar-refractivity contribution in [1.82, 2.24) is 4.90 Å². The fourth-order valence-corrected chi connectivity index (χ4v) is 3.17. The van der Waals surface area contributed by atoms with Crippen molar-refractivity contribution in [3.63, 3.8) is 0 Å². The van der Waals surface area contributed by atoms with Gasteiger partial charge in [-0.05, 0) is 42.0 Å². The molecule has 2 aromatic carbocycles. The van der Waals surface area contributed by atoms with E-state index in [-0.39, 0.29) is 24.9 Å². The fraction of sp³-hybridized carbons (Fsp3) is 0.350. The molecule has 1 saturated heterocycles. The molecule has 2 aromatic rings. The molecule has 0 unspecified atom stereocenters. The molecule has 0 saturated carbocycles. The number of aliphatic hydroxyl groups excluding tert-OH is 1. The molecule has 0 radical (unpaired) electrons. The lowest BCUT2D eigenvalue weighted by Crippen LogP contribution is -2.56. The highest BCUT2D eigenvalue weighted by Crippen LogP contribution is 2.25. The van der Waals surface area contributed by atoms with E-state index in [4.69, 9.17) is 9.47 Å². The van der Waals surface area contributed by atoms with Crippen LogP contribution in [0.4, 0.5) is 4.39 Å². The summed E-state index contributed by atoms with van der Waals surface area (Å²) in [6.45, 7) is 0.836. The molecule has 1 N–H and O–H groups in total. The van der Waals surface area contributed by atoms with Crippen LogP contribution in [0.25, 0.3) is 0 Å². The van der Waals surface area contributed by atoms with Crippen molar-refractivity contribution in [2.24, 2.45) is 0 Å². The summed E-state index contributed by atoms with van der Waals surface area (Å²) in [5.74, 6) is 0.255. The number of halogens is 1. The quantitative estimate of drug-likeness (QED) is 0.890. The van der Waals surface area contributed by atoms with Gasteiger partial charge in [-0.25, -0.2) is 4.39 Å². The average molecular weight is 359 g/mol. The summed E-state index contributed by atoms with van der Waals surface area (Å²) >= 11 is 0. The lowest BCUT2D eigenvalue weighted by molar-refractivity contribution is -0.123. The number of carbonyl (C=O) groups is 1. The standard InChI is InChI=1S/C20H22FNO4/c1-25-18-8-4-16(5-9-18)19(24)22-10-11-26-20(13-22,14-23)12-15-2-6-17(21)7-3-15/h2-9,23H,10-14H2,1H3/t20-/m0/s1. The third-order valence-corrected chi connectivity index (χ3v) is 4.60. The summed E-state index contributed by atoms with van der Waals surface area (Å²) in [5, 5.41) is 9.94. The lowest BCUT2D eigenvalue weighted by atomic mass is 9.92. The van der Waals surface area contributed by atoms with Crippen LogP contribution in [0.15, 0.2) is 48.5 Å². The van der Waals surface area contributed by atoms with Gasteiger partial charge in [0.2, 0.25) is 0 Å². The zero-order chi connectivity index (χ0) is 18.6. The molecule has 1 fully saturated rings. The predicted octanol–water partition coefficient (Wildman–Crippen LogP) is 2.28. The van der Waals surface area contributed by atoms with Crippen LogP contribution < -0.4 is 4.74 Å². The van der Waals surface area contributed by atoms with Crippen LogP contribution in [0.5, 0.6) is 5.75 Å². The SMILES string of the molecule is COc1ccc(C(=O)N2CCO[C@@](CO)(Cc3ccc(F)cc3)C2)cc1. The summed E-state index contributed by atoms with van der Waals surface area (Å²) in [4.78, 5) is 14.5. The Morgan fingerprint density at radius 1 is 1.23 bits per heavy atom. The molecule has 3 rings (SSSR count). The van der Waals surface area contributed by atoms with E-state index in [9.17, 15) is 14.3 Å². The zero-order valence-electron chi connectivity index (χ0n) is 14.7. The normalized spacial score (nSPS) is 20.0. The summed E-state index contributed by atoms with van der Waals surface area (Å²) in [5.41, 5.74) is 0.513. The Labute approximate surface area is 152 Å². The van der Waals surface area contributed by atoms with Crippen LogP contribution in [0.2, 0.25) is 0 Å². The van der Waals surface area contributed by atoms with E-state index in [0.717, 1.165) is 5.56 Å². The number of ether oxygens (including phenoxy) is 2. The van der Waals surface area contributed by atoms with Gasteiger partial charge in [-0.2, -0.15) is 0 Å². The monoisotopic (exact) mass is 359 g/mol. The summed E-state index contributed by atoms with van der Waals surface area (Å²) in [6.07, 6.45) is 0.399. The number of methoxy groups -OCH3 is 1. The van der Waals surface area contributed by atoms with E-state index in [0.29, 0.717) is 30.9 Å². The Balaban J connectivity index is 1.75. The maximum absolute atomic E-state index is 13.1. The van der Waals surface area contributed by atoms with Crippen molar-refractivity contribution in [2.45, 2.75) is 12.0 Å². The third kappa shape index (κ3) is 4.03. The van der Waals surface area contributed by atoms with Gasteiger partial charge in [0, 0.05) is 18.5 Å². The van der Waals surface area contributed by atoms with Gasteiger partial charge in [-0.1, -0.05) is 12.1 Å². The minimum absolute atomic E-state index is 0.118. The Kier molecular flexibility index (Phi) is 5.54. The largest absolute Gasteiger partial charge is 0.497 e. The molecule has 138 valence electrons. The Hall–Kier alpha value is -2.44. The maximum Gasteiger partial charge on any atom is 0.254 e. The fourth-order valence-electron chi connectivity index (χ4n) is 3.17. The van der Waals surface area contributed by atoms with Crippen LogP contribution in [-0.4, -0.2) is 54.9 Å². The molecule has 1 aliphatic rings. The second-order valence-corrected chi connectivity index (χ2v) is 6.45. The van der Waals surface area contributed by atoms with Gasteiger partial charge < -0.3 is 19.5 Å². The summed E-state index contributed by atoms with van der Waals surface area (Å²) < 4.78 is 24.1. The van der Waals surface area contributed by atoms with Crippen molar-refractivity contribution in [3.8, 4) is 5.75 Å². The summed E-state index contributed by atoms with van der Waals surface area (Å²) in [7, 11) is 1.57. The Morgan fingerprint density at radius 2 is 1.92 bits per heavy atom. The highest BCUT2D eigenvalue weighted by molar-refractivity contribution is 5.94. The van der Waals surface area contributed by atoms with E-state index >= 15 is 0 Å². The van der Waals surface area contributed by atoms with Crippen molar-refractivity contribution in [3.05, 3.63) is 65.5 Å². The number of amides is 1. The van der Waals surface area contributed by atoms with E-state index < -0.39 is 5.60 Å². The first-order valence-corrected chi connectivity index (χ1v) is 8.48. The Morgan fingerprint density at radius 3 is 2.54 bits per heavy atom. The average Bonchev–Trinajstić information content (AvgIpc) is 2.69. The number of morpholine rings is 1. The first kappa shape index (κ1) is 18.4. The number of hydrogen-bond acceptors (Lipinski definition) is 4. The van der Waals surface area contributed by atoms with Crippen LogP contribution in [0, 0.1) is 5.82 Å². The predicted molar refractivity (Wildman–Crippen MR) is 94.8 cm³/mol. The van der Waals surface area contributed by atoms with Crippen LogP contribution in [-0.2, 0) is 11.2 Å². The molecule has 0 spiro atoms. The number of rotatable bonds is 5. The van der Waals surface area contributed by atoms with Gasteiger partial charge in [-0.3, -0.25) is 4.79 Å². The second kappa shape index (κ2) is 7.85. The third-order valence-electron chi connectivity index (χ3n) is 4.60. The van der Waals surface area contributed by atoms with Crippen molar-refractivity contribution in [1.29, 1.82) is 0 Å². The van der Waals surface area contributed by atoms with Gasteiger partial charge in [-0.15, -0.1) is 0 Å². The van der Waals surface area contributed by atoms with Crippen molar-refractivity contribution in [2.75, 3.05) is 33.4 Å². The van der Waals surface area contributed by atoms with Crippen LogP contribution >= 0.6 is 0 Å². The van der Waals surface area contributed by atoms with E-state index in [1.54, 1.807) is 48.4 Å². The molecule has 0 aliphatic carbocycles. The minimum Gasteiger partial charge on any atom is -0.497 e. The molecule has 26 heavy (non-hydrogen) atoms. The van der Waals surface area contributed by atoms with Gasteiger partial charge in [0.05, 0.1) is 26.9 Å². The molecule has 1 aliphatic heterocycles. The van der Waals surface area contributed by atoms with Crippen molar-refractivity contribution >= 4 is 5.91 Å². The highest BCUT2D eigenvalue weighted by Gasteiger charge is 2.38. The van der Waals surface area contributed by atoms with Crippen LogP contribution in [0.1, 0.15) is 15.9 Å². The van der Waals surface area contributed by atoms with E-state index in [1.807, 2.05) is 0 Å². The number of aliphatic hydroxyl groups is 1. The lowest BCUT2D eigenvalue weighted by Gasteiger charge is -2.42. The number of hydrogen-bond donors (Lipinski definition) is 1. The molecular weight excluding hydrogens is 337 g/mol. The molecule has 5 nitrogen and oxygen atoms in total. The first-order valence-electron chi connectivity index (χ1n) is 8.48.